The van der Waals surface area contributed by atoms with E-state index >= 15 is 0 Å². The van der Waals surface area contributed by atoms with Gasteiger partial charge in [-0.3, -0.25) is 0 Å². The second-order valence-corrected chi connectivity index (χ2v) is 6.98. The molecule has 0 spiro atoms. The second kappa shape index (κ2) is 6.37. The Kier molecular flexibility index (Phi) is 4.69. The van der Waals surface area contributed by atoms with Gasteiger partial charge in [0.2, 0.25) is 0 Å². The molecule has 23 heavy (non-hydrogen) atoms. The molecule has 1 amide bonds. The molecule has 124 valence electrons. The first-order valence-corrected chi connectivity index (χ1v) is 7.66. The Labute approximate surface area is 136 Å². The lowest BCUT2D eigenvalue weighted by Crippen LogP contribution is -2.46. The van der Waals surface area contributed by atoms with Crippen molar-refractivity contribution in [3.8, 4) is 11.8 Å². The Hall–Kier alpha value is -2.42. The van der Waals surface area contributed by atoms with Crippen molar-refractivity contribution in [3.63, 3.8) is 0 Å². The number of nitrogens with two attached hydrogens (primary N) is 1. The van der Waals surface area contributed by atoms with Gasteiger partial charge >= 0.3 is 6.09 Å². The highest BCUT2D eigenvalue weighted by Crippen LogP contribution is 2.37. The lowest BCUT2D eigenvalue weighted by molar-refractivity contribution is 0.0786. The van der Waals surface area contributed by atoms with Crippen molar-refractivity contribution in [1.29, 1.82) is 5.26 Å². The summed E-state index contributed by atoms with van der Waals surface area (Å²) >= 11 is 0. The van der Waals surface area contributed by atoms with Gasteiger partial charge in [0.15, 0.2) is 0 Å². The van der Waals surface area contributed by atoms with E-state index in [0.717, 1.165) is 6.42 Å². The van der Waals surface area contributed by atoms with Crippen LogP contribution in [0.5, 0.6) is 5.75 Å². The fraction of sp³-hybridized carbons (Fsp3) is 0.529. The van der Waals surface area contributed by atoms with Crippen LogP contribution in [0.15, 0.2) is 18.2 Å². The molecule has 1 aliphatic heterocycles. The van der Waals surface area contributed by atoms with E-state index in [1.165, 1.54) is 4.90 Å². The quantitative estimate of drug-likeness (QED) is 0.835. The number of nitriles is 1. The number of hydrogen-bond donors (Lipinski definition) is 2. The smallest absolute Gasteiger partial charge is 0.407 e. The van der Waals surface area contributed by atoms with Crippen molar-refractivity contribution in [2.24, 2.45) is 11.3 Å². The van der Waals surface area contributed by atoms with E-state index in [4.69, 9.17) is 10.5 Å². The first-order chi connectivity index (χ1) is 10.8. The van der Waals surface area contributed by atoms with Crippen LogP contribution in [0.3, 0.4) is 0 Å². The summed E-state index contributed by atoms with van der Waals surface area (Å²) in [5.74, 6) is 0.535. The molecule has 1 aromatic carbocycles. The van der Waals surface area contributed by atoms with Crippen molar-refractivity contribution < 1.29 is 14.6 Å². The Morgan fingerprint density at radius 3 is 2.78 bits per heavy atom. The standard InChI is InChI=1S/C17H23N3O3/c1-17(2,3)15-11(7-8-20(15)16(21)22)10-23-14-6-4-5-13(19)12(14)9-18/h4-6,11,15H,7-8,10,19H2,1-3H3,(H,21,22). The molecule has 6 nitrogen and oxygen atoms in total. The molecule has 1 fully saturated rings. The number of benzene rings is 1. The van der Waals surface area contributed by atoms with Gasteiger partial charge in [0, 0.05) is 18.5 Å². The van der Waals surface area contributed by atoms with Gasteiger partial charge in [-0.05, 0) is 24.0 Å². The predicted octanol–water partition coefficient (Wildman–Crippen LogP) is 2.93. The largest absolute Gasteiger partial charge is 0.492 e. The van der Waals surface area contributed by atoms with Crippen molar-refractivity contribution in [2.45, 2.75) is 33.2 Å². The number of likely N-dealkylation sites (tertiary alicyclic amines) is 1. The molecule has 0 aromatic heterocycles. The summed E-state index contributed by atoms with van der Waals surface area (Å²) in [5, 5.41) is 18.6. The zero-order chi connectivity index (χ0) is 17.2. The van der Waals surface area contributed by atoms with Gasteiger partial charge in [-0.15, -0.1) is 0 Å². The molecule has 1 saturated heterocycles. The van der Waals surface area contributed by atoms with Crippen LogP contribution in [-0.4, -0.2) is 35.3 Å². The molecule has 0 saturated carbocycles. The molecule has 6 heteroatoms. The van der Waals surface area contributed by atoms with Crippen LogP contribution in [0.25, 0.3) is 0 Å². The summed E-state index contributed by atoms with van der Waals surface area (Å²) in [7, 11) is 0. The van der Waals surface area contributed by atoms with Crippen LogP contribution in [0.1, 0.15) is 32.8 Å². The molecule has 1 aromatic rings. The maximum absolute atomic E-state index is 11.4. The summed E-state index contributed by atoms with van der Waals surface area (Å²) in [6.07, 6.45) is -0.146. The molecule has 0 radical (unpaired) electrons. The van der Waals surface area contributed by atoms with E-state index in [1.807, 2.05) is 20.8 Å². The minimum atomic E-state index is -0.894. The zero-order valence-electron chi connectivity index (χ0n) is 13.7. The van der Waals surface area contributed by atoms with E-state index in [9.17, 15) is 15.2 Å². The van der Waals surface area contributed by atoms with E-state index in [2.05, 4.69) is 6.07 Å². The van der Waals surface area contributed by atoms with E-state index < -0.39 is 6.09 Å². The predicted molar refractivity (Wildman–Crippen MR) is 87.1 cm³/mol. The number of ether oxygens (including phenoxy) is 1. The monoisotopic (exact) mass is 317 g/mol. The fourth-order valence-electron chi connectivity index (χ4n) is 3.40. The van der Waals surface area contributed by atoms with Crippen molar-refractivity contribution in [1.82, 2.24) is 4.90 Å². The number of amides is 1. The summed E-state index contributed by atoms with van der Waals surface area (Å²) in [5.41, 5.74) is 6.31. The summed E-state index contributed by atoms with van der Waals surface area (Å²) in [6, 6.07) is 7.05. The molecule has 3 N–H and O–H groups in total. The van der Waals surface area contributed by atoms with Crippen LogP contribution in [-0.2, 0) is 0 Å². The van der Waals surface area contributed by atoms with Crippen molar-refractivity contribution in [3.05, 3.63) is 23.8 Å². The van der Waals surface area contributed by atoms with Crippen LogP contribution in [0.4, 0.5) is 10.5 Å². The average Bonchev–Trinajstić information content (AvgIpc) is 2.89. The third-order valence-electron chi connectivity index (χ3n) is 4.28. The topological polar surface area (TPSA) is 99.6 Å². The van der Waals surface area contributed by atoms with Crippen LogP contribution >= 0.6 is 0 Å². The third-order valence-corrected chi connectivity index (χ3v) is 4.28. The lowest BCUT2D eigenvalue weighted by Gasteiger charge is -2.37. The molecule has 1 aliphatic rings. The maximum atomic E-state index is 11.4. The SMILES string of the molecule is CC(C)(C)C1C(COc2cccc(N)c2C#N)CCN1C(=O)O. The number of hydrogen-bond acceptors (Lipinski definition) is 4. The number of nitrogens with zero attached hydrogens (tertiary/aromatic N) is 2. The average molecular weight is 317 g/mol. The van der Waals surface area contributed by atoms with E-state index in [-0.39, 0.29) is 17.4 Å². The first kappa shape index (κ1) is 16.9. The molecule has 1 heterocycles. The third kappa shape index (κ3) is 3.50. The number of carbonyl (C=O) groups is 1. The van der Waals surface area contributed by atoms with Gasteiger partial charge in [0.1, 0.15) is 17.4 Å². The Balaban J connectivity index is 2.16. The van der Waals surface area contributed by atoms with E-state index in [0.29, 0.717) is 30.2 Å². The van der Waals surface area contributed by atoms with Gasteiger partial charge in [0.05, 0.1) is 12.3 Å². The molecular formula is C17H23N3O3. The Bertz CT molecular complexity index is 631. The molecular weight excluding hydrogens is 294 g/mol. The van der Waals surface area contributed by atoms with Crippen LogP contribution in [0.2, 0.25) is 0 Å². The summed E-state index contributed by atoms with van der Waals surface area (Å²) in [4.78, 5) is 12.9. The zero-order valence-corrected chi connectivity index (χ0v) is 13.7. The Morgan fingerprint density at radius 2 is 2.22 bits per heavy atom. The summed E-state index contributed by atoms with van der Waals surface area (Å²) < 4.78 is 5.82. The molecule has 2 rings (SSSR count). The lowest BCUT2D eigenvalue weighted by atomic mass is 9.80. The highest BCUT2D eigenvalue weighted by Gasteiger charge is 2.44. The van der Waals surface area contributed by atoms with Crippen molar-refractivity contribution in [2.75, 3.05) is 18.9 Å². The number of anilines is 1. The van der Waals surface area contributed by atoms with Gasteiger partial charge < -0.3 is 20.5 Å². The highest BCUT2D eigenvalue weighted by atomic mass is 16.5. The van der Waals surface area contributed by atoms with Crippen LogP contribution < -0.4 is 10.5 Å². The first-order valence-electron chi connectivity index (χ1n) is 7.66. The minimum Gasteiger partial charge on any atom is -0.492 e. The number of nitrogen functional groups attached to an aromatic ring is 1. The van der Waals surface area contributed by atoms with Gasteiger partial charge in [-0.1, -0.05) is 26.8 Å². The van der Waals surface area contributed by atoms with E-state index in [1.54, 1.807) is 18.2 Å². The number of rotatable bonds is 3. The highest BCUT2D eigenvalue weighted by molar-refractivity contribution is 5.66. The fourth-order valence-corrected chi connectivity index (χ4v) is 3.40. The van der Waals surface area contributed by atoms with Gasteiger partial charge in [-0.2, -0.15) is 5.26 Å². The van der Waals surface area contributed by atoms with Gasteiger partial charge in [-0.25, -0.2) is 4.79 Å². The summed E-state index contributed by atoms with van der Waals surface area (Å²) in [6.45, 7) is 6.98. The molecule has 0 bridgehead atoms. The molecule has 2 unspecified atom stereocenters. The Morgan fingerprint density at radius 1 is 1.52 bits per heavy atom. The molecule has 0 aliphatic carbocycles. The normalized spacial score (nSPS) is 21.0. The minimum absolute atomic E-state index is 0.0825. The van der Waals surface area contributed by atoms with Crippen LogP contribution in [0, 0.1) is 22.7 Å². The maximum Gasteiger partial charge on any atom is 0.407 e. The second-order valence-electron chi connectivity index (χ2n) is 6.98. The van der Waals surface area contributed by atoms with Crippen molar-refractivity contribution >= 4 is 11.8 Å². The molecule has 2 atom stereocenters. The number of carboxylic acid groups (broad SMARTS) is 1. The van der Waals surface area contributed by atoms with Gasteiger partial charge in [0.25, 0.3) is 0 Å².